The van der Waals surface area contributed by atoms with E-state index in [1.807, 2.05) is 0 Å². The third kappa shape index (κ3) is 4.74. The normalized spacial score (nSPS) is 9.74. The minimum absolute atomic E-state index is 0. The van der Waals surface area contributed by atoms with Gasteiger partial charge in [0, 0.05) is 23.9 Å². The summed E-state index contributed by atoms with van der Waals surface area (Å²) in [5.41, 5.74) is 0.801. The maximum absolute atomic E-state index is 11.3. The number of nitrogens with one attached hydrogen (secondary N) is 1. The number of hydrogen-bond acceptors (Lipinski definition) is 5. The van der Waals surface area contributed by atoms with Crippen LogP contribution in [0.4, 0.5) is 11.4 Å². The molecule has 2 N–H and O–H groups in total. The molecule has 0 radical (unpaired) electrons. The van der Waals surface area contributed by atoms with Gasteiger partial charge in [-0.25, -0.2) is 4.79 Å². The number of para-hydroxylation sites is 1. The van der Waals surface area contributed by atoms with Crippen LogP contribution in [0.15, 0.2) is 42.5 Å². The summed E-state index contributed by atoms with van der Waals surface area (Å²) in [6.45, 7) is 0.377. The second kappa shape index (κ2) is 8.22. The van der Waals surface area contributed by atoms with E-state index in [9.17, 15) is 20.0 Å². The van der Waals surface area contributed by atoms with Gasteiger partial charge in [0.2, 0.25) is 0 Å². The maximum Gasteiger partial charge on any atom is 1.00 e. The van der Waals surface area contributed by atoms with Gasteiger partial charge in [0.05, 0.1) is 10.5 Å². The molecule has 0 aliphatic carbocycles. The molecule has 0 spiro atoms. The number of carbonyl (C=O) groups is 1. The number of nitrogens with zero attached hydrogens (tertiary/aromatic N) is 1. The van der Waals surface area contributed by atoms with Crippen LogP contribution < -0.4 is 29.3 Å². The fourth-order valence-corrected chi connectivity index (χ4v) is 2.05. The van der Waals surface area contributed by atoms with Crippen molar-refractivity contribution >= 4 is 17.3 Å². The zero-order chi connectivity index (χ0) is 16.1. The minimum Gasteiger partial charge on any atom is -0.872 e. The van der Waals surface area contributed by atoms with Gasteiger partial charge in [-0.2, -0.15) is 0 Å². The molecule has 0 heterocycles. The first-order valence-electron chi connectivity index (χ1n) is 6.49. The van der Waals surface area contributed by atoms with E-state index < -0.39 is 16.6 Å². The van der Waals surface area contributed by atoms with Crippen molar-refractivity contribution in [3.05, 3.63) is 63.7 Å². The van der Waals surface area contributed by atoms with Crippen molar-refractivity contribution in [2.75, 3.05) is 11.9 Å². The molecule has 0 fully saturated rings. The van der Waals surface area contributed by atoms with Crippen LogP contribution in [0, 0.1) is 10.1 Å². The number of benzene rings is 2. The Kier molecular flexibility index (Phi) is 6.63. The molecule has 0 unspecified atom stereocenters. The van der Waals surface area contributed by atoms with Gasteiger partial charge in [-0.1, -0.05) is 30.0 Å². The Hall–Kier alpha value is -2.49. The Labute approximate surface area is 144 Å². The average molecular weight is 308 g/mol. The predicted octanol–water partition coefficient (Wildman–Crippen LogP) is -0.975. The molecule has 7 nitrogen and oxygen atoms in total. The van der Waals surface area contributed by atoms with E-state index in [4.69, 9.17) is 5.11 Å². The number of carboxylic acid groups (broad SMARTS) is 1. The molecule has 0 aromatic heterocycles. The Balaban J connectivity index is 0.00000264. The van der Waals surface area contributed by atoms with Crippen LogP contribution in [0.3, 0.4) is 0 Å². The standard InChI is InChI=1S/C15H14N2O5.Li/c18-14-6-5-11(9-12(14)15(19)20)16-8-7-10-3-1-2-4-13(10)17(21)22;/h1-6,9,16,18H,7-8H2,(H,19,20);/q;+1/p-1. The summed E-state index contributed by atoms with van der Waals surface area (Å²) < 4.78 is 0. The van der Waals surface area contributed by atoms with Gasteiger partial charge in [-0.3, -0.25) is 10.1 Å². The smallest absolute Gasteiger partial charge is 0.872 e. The summed E-state index contributed by atoms with van der Waals surface area (Å²) in [4.78, 5) is 21.3. The molecule has 0 aliphatic heterocycles. The second-order valence-electron chi connectivity index (χ2n) is 4.58. The Bertz CT molecular complexity index is 721. The largest absolute Gasteiger partial charge is 1.00 e. The van der Waals surface area contributed by atoms with Crippen molar-refractivity contribution in [1.82, 2.24) is 0 Å². The second-order valence-corrected chi connectivity index (χ2v) is 4.58. The van der Waals surface area contributed by atoms with E-state index in [0.29, 0.717) is 24.2 Å². The molecule has 2 aromatic rings. The van der Waals surface area contributed by atoms with Crippen molar-refractivity contribution in [1.29, 1.82) is 0 Å². The summed E-state index contributed by atoms with van der Waals surface area (Å²) in [5, 5.41) is 34.1. The van der Waals surface area contributed by atoms with Crippen LogP contribution in [0.2, 0.25) is 0 Å². The number of anilines is 1. The molecule has 8 heteroatoms. The number of carboxylic acids is 1. The summed E-state index contributed by atoms with van der Waals surface area (Å²) in [6, 6.07) is 10.3. The fraction of sp³-hybridized carbons (Fsp3) is 0.133. The van der Waals surface area contributed by atoms with Crippen molar-refractivity contribution in [3.8, 4) is 5.75 Å². The molecule has 114 valence electrons. The topological polar surface area (TPSA) is 116 Å². The summed E-state index contributed by atoms with van der Waals surface area (Å²) in [6.07, 6.45) is 0.401. The van der Waals surface area contributed by atoms with Gasteiger partial charge >= 0.3 is 24.8 Å². The first-order valence-corrected chi connectivity index (χ1v) is 6.49. The van der Waals surface area contributed by atoms with E-state index in [1.54, 1.807) is 18.2 Å². The average Bonchev–Trinajstić information content (AvgIpc) is 2.49. The fourth-order valence-electron chi connectivity index (χ4n) is 2.05. The molecule has 23 heavy (non-hydrogen) atoms. The first kappa shape index (κ1) is 18.6. The minimum atomic E-state index is -1.28. The molecular weight excluding hydrogens is 295 g/mol. The van der Waals surface area contributed by atoms with Crippen LogP contribution in [-0.4, -0.2) is 22.5 Å². The van der Waals surface area contributed by atoms with Gasteiger partial charge in [0.1, 0.15) is 0 Å². The zero-order valence-corrected chi connectivity index (χ0v) is 12.5. The van der Waals surface area contributed by atoms with E-state index in [2.05, 4.69) is 5.32 Å². The van der Waals surface area contributed by atoms with Crippen LogP contribution >= 0.6 is 0 Å². The molecule has 2 aromatic carbocycles. The summed E-state index contributed by atoms with van der Waals surface area (Å²) >= 11 is 0. The van der Waals surface area contributed by atoms with Crippen LogP contribution in [-0.2, 0) is 6.42 Å². The number of hydrogen-bond donors (Lipinski definition) is 2. The van der Waals surface area contributed by atoms with E-state index in [1.165, 1.54) is 24.3 Å². The Morgan fingerprint density at radius 1 is 1.22 bits per heavy atom. The summed E-state index contributed by atoms with van der Waals surface area (Å²) in [5.74, 6) is -1.84. The molecular formula is C15H13LiN2O5. The van der Waals surface area contributed by atoms with Gasteiger partial charge in [-0.05, 0) is 18.6 Å². The molecule has 0 saturated heterocycles. The van der Waals surface area contributed by atoms with Gasteiger partial charge < -0.3 is 15.5 Å². The molecule has 0 atom stereocenters. The quantitative estimate of drug-likeness (QED) is 0.403. The molecule has 0 amide bonds. The number of nitro groups is 1. The Morgan fingerprint density at radius 3 is 2.57 bits per heavy atom. The molecule has 0 bridgehead atoms. The van der Waals surface area contributed by atoms with Crippen LogP contribution in [0.1, 0.15) is 15.9 Å². The van der Waals surface area contributed by atoms with Crippen molar-refractivity contribution < 1.29 is 38.8 Å². The van der Waals surface area contributed by atoms with Gasteiger partial charge in [-0.15, -0.1) is 0 Å². The zero-order valence-electron chi connectivity index (χ0n) is 12.5. The Morgan fingerprint density at radius 2 is 1.91 bits per heavy atom. The molecule has 2 rings (SSSR count). The monoisotopic (exact) mass is 308 g/mol. The van der Waals surface area contributed by atoms with Gasteiger partial charge in [0.25, 0.3) is 5.69 Å². The van der Waals surface area contributed by atoms with Crippen LogP contribution in [0.25, 0.3) is 0 Å². The van der Waals surface area contributed by atoms with Crippen LogP contribution in [0.5, 0.6) is 5.75 Å². The number of aromatic carboxylic acids is 1. The van der Waals surface area contributed by atoms with E-state index in [0.717, 1.165) is 0 Å². The number of nitro benzene ring substituents is 1. The van der Waals surface area contributed by atoms with Crippen molar-refractivity contribution in [3.63, 3.8) is 0 Å². The van der Waals surface area contributed by atoms with Crippen molar-refractivity contribution in [2.24, 2.45) is 0 Å². The molecule has 0 aliphatic rings. The van der Waals surface area contributed by atoms with E-state index >= 15 is 0 Å². The summed E-state index contributed by atoms with van der Waals surface area (Å²) in [7, 11) is 0. The third-order valence-electron chi connectivity index (χ3n) is 3.12. The first-order chi connectivity index (χ1) is 10.5. The number of rotatable bonds is 6. The third-order valence-corrected chi connectivity index (χ3v) is 3.12. The maximum atomic E-state index is 11.3. The van der Waals surface area contributed by atoms with Gasteiger partial charge in [0.15, 0.2) is 0 Å². The van der Waals surface area contributed by atoms with Crippen molar-refractivity contribution in [2.45, 2.75) is 6.42 Å². The van der Waals surface area contributed by atoms with E-state index in [-0.39, 0.29) is 30.1 Å². The molecule has 0 saturated carbocycles. The predicted molar refractivity (Wildman–Crippen MR) is 78.1 cm³/mol. The SMILES string of the molecule is O=C(O)c1cc(NCCc2ccccc2[N+](=O)[O-])ccc1[O-].[Li+].